The summed E-state index contributed by atoms with van der Waals surface area (Å²) in [5, 5.41) is 0. The maximum absolute atomic E-state index is 12.0. The average molecular weight is 546 g/mol. The van der Waals surface area contributed by atoms with E-state index < -0.39 is 5.41 Å². The summed E-state index contributed by atoms with van der Waals surface area (Å²) in [5.74, 6) is 2.66. The first-order valence-corrected chi connectivity index (χ1v) is 13.6. The van der Waals surface area contributed by atoms with Crippen molar-refractivity contribution < 1.29 is 28.5 Å². The zero-order valence-electron chi connectivity index (χ0n) is 24.3. The smallest absolute Gasteiger partial charge is 0.314 e. The van der Waals surface area contributed by atoms with E-state index >= 15 is 0 Å². The molecule has 0 unspecified atom stereocenters. The number of rotatable bonds is 11. The number of ether oxygens (including phenoxy) is 5. The van der Waals surface area contributed by atoms with Gasteiger partial charge in [0.1, 0.15) is 18.1 Å². The van der Waals surface area contributed by atoms with Crippen molar-refractivity contribution in [2.45, 2.75) is 34.1 Å². The minimum absolute atomic E-state index is 0.134. The molecule has 7 nitrogen and oxygen atoms in total. The van der Waals surface area contributed by atoms with Crippen molar-refractivity contribution in [3.8, 4) is 23.0 Å². The lowest BCUT2D eigenvalue weighted by atomic mass is 9.88. The molecule has 0 atom stereocenters. The minimum atomic E-state index is -0.578. The maximum Gasteiger partial charge on any atom is 0.314 e. The largest absolute Gasteiger partial charge is 0.492 e. The van der Waals surface area contributed by atoms with Crippen molar-refractivity contribution in [3.63, 3.8) is 0 Å². The zero-order valence-corrected chi connectivity index (χ0v) is 24.3. The van der Waals surface area contributed by atoms with Crippen molar-refractivity contribution in [3.05, 3.63) is 83.4 Å². The van der Waals surface area contributed by atoms with Gasteiger partial charge in [-0.1, -0.05) is 37.3 Å². The third-order valence-corrected chi connectivity index (χ3v) is 6.50. The van der Waals surface area contributed by atoms with E-state index in [1.54, 1.807) is 0 Å². The Morgan fingerprint density at radius 3 is 1.98 bits per heavy atom. The molecule has 1 heterocycles. The van der Waals surface area contributed by atoms with Gasteiger partial charge in [0, 0.05) is 6.54 Å². The molecule has 0 saturated carbocycles. The number of hydrogen-bond donors (Lipinski definition) is 0. The Kier molecular flexibility index (Phi) is 9.38. The molecule has 1 aliphatic rings. The van der Waals surface area contributed by atoms with Crippen LogP contribution in [0.2, 0.25) is 0 Å². The second-order valence-electron chi connectivity index (χ2n) is 10.9. The van der Waals surface area contributed by atoms with Gasteiger partial charge in [0.25, 0.3) is 0 Å². The van der Waals surface area contributed by atoms with Gasteiger partial charge in [-0.25, -0.2) is 0 Å². The van der Waals surface area contributed by atoms with E-state index in [9.17, 15) is 4.79 Å². The average Bonchev–Trinajstić information content (AvgIpc) is 3.40. The van der Waals surface area contributed by atoms with Crippen LogP contribution in [0.5, 0.6) is 23.0 Å². The monoisotopic (exact) mass is 545 g/mol. The highest BCUT2D eigenvalue weighted by atomic mass is 16.7. The molecule has 4 rings (SSSR count). The number of allylic oxidation sites excluding steroid dienone is 1. The predicted molar refractivity (Wildman–Crippen MR) is 157 cm³/mol. The van der Waals surface area contributed by atoms with Crippen molar-refractivity contribution >= 4 is 17.1 Å². The Bertz CT molecular complexity index is 1320. The summed E-state index contributed by atoms with van der Waals surface area (Å²) in [7, 11) is 4.06. The number of benzene rings is 3. The van der Waals surface area contributed by atoms with Gasteiger partial charge in [-0.2, -0.15) is 0 Å². The number of esters is 1. The standard InChI is InChI=1S/C33H39NO6/c1-7-28(25-12-17-29-30(20-25)39-22-38-29)31(23-8-13-26(14-9-23)36-19-18-34(5)6)24-10-15-27(16-11-24)37-21-40-32(35)33(2,3)4/h8-17,20H,7,18-19,21-22H2,1-6H3. The van der Waals surface area contributed by atoms with Crippen LogP contribution in [0.1, 0.15) is 50.8 Å². The van der Waals surface area contributed by atoms with Gasteiger partial charge in [-0.15, -0.1) is 0 Å². The SMILES string of the molecule is CCC(=C(c1ccc(OCCN(C)C)cc1)c1ccc(OCOC(=O)C(C)(C)C)cc1)c1ccc2c(c1)OCO2. The Balaban J connectivity index is 1.64. The lowest BCUT2D eigenvalue weighted by molar-refractivity contribution is -0.159. The second-order valence-corrected chi connectivity index (χ2v) is 10.9. The van der Waals surface area contributed by atoms with E-state index in [1.165, 1.54) is 5.57 Å². The molecule has 0 spiro atoms. The fraction of sp³-hybridized carbons (Fsp3) is 0.364. The van der Waals surface area contributed by atoms with Crippen LogP contribution in [0.15, 0.2) is 66.7 Å². The quantitative estimate of drug-likeness (QED) is 0.152. The Labute approximate surface area is 237 Å². The molecule has 3 aromatic carbocycles. The lowest BCUT2D eigenvalue weighted by Gasteiger charge is -2.18. The molecule has 3 aromatic rings. The number of carbonyl (C=O) groups excluding carboxylic acids is 1. The minimum Gasteiger partial charge on any atom is -0.492 e. The van der Waals surface area contributed by atoms with Gasteiger partial charge in [0.2, 0.25) is 13.6 Å². The molecule has 1 aliphatic heterocycles. The Morgan fingerprint density at radius 1 is 0.825 bits per heavy atom. The van der Waals surface area contributed by atoms with E-state index in [0.717, 1.165) is 52.5 Å². The molecule has 0 fully saturated rings. The number of likely N-dealkylation sites (N-methyl/N-ethyl adjacent to an activating group) is 1. The molecule has 0 N–H and O–H groups in total. The first-order chi connectivity index (χ1) is 19.2. The highest BCUT2D eigenvalue weighted by Gasteiger charge is 2.23. The highest BCUT2D eigenvalue weighted by Crippen LogP contribution is 2.40. The van der Waals surface area contributed by atoms with Crippen LogP contribution in [-0.2, 0) is 9.53 Å². The zero-order chi connectivity index (χ0) is 28.7. The molecule has 0 radical (unpaired) electrons. The van der Waals surface area contributed by atoms with Crippen molar-refractivity contribution in [1.82, 2.24) is 4.90 Å². The number of hydrogen-bond acceptors (Lipinski definition) is 7. The van der Waals surface area contributed by atoms with E-state index in [2.05, 4.69) is 30.0 Å². The van der Waals surface area contributed by atoms with Gasteiger partial charge < -0.3 is 28.6 Å². The summed E-state index contributed by atoms with van der Waals surface area (Å²) in [6, 6.07) is 22.1. The van der Waals surface area contributed by atoms with E-state index in [-0.39, 0.29) is 19.6 Å². The molecule has 7 heteroatoms. The van der Waals surface area contributed by atoms with Crippen LogP contribution in [-0.4, -0.2) is 51.7 Å². The first kappa shape index (κ1) is 29.0. The molecule has 40 heavy (non-hydrogen) atoms. The number of nitrogens with zero attached hydrogens (tertiary/aromatic N) is 1. The van der Waals surface area contributed by atoms with Crippen LogP contribution in [0.25, 0.3) is 11.1 Å². The van der Waals surface area contributed by atoms with Gasteiger partial charge in [-0.3, -0.25) is 4.79 Å². The Hall–Kier alpha value is -3.97. The third-order valence-electron chi connectivity index (χ3n) is 6.50. The van der Waals surface area contributed by atoms with Crippen LogP contribution in [0, 0.1) is 5.41 Å². The summed E-state index contributed by atoms with van der Waals surface area (Å²) in [4.78, 5) is 14.1. The Morgan fingerprint density at radius 2 is 1.40 bits per heavy atom. The van der Waals surface area contributed by atoms with Crippen LogP contribution in [0.4, 0.5) is 0 Å². The summed E-state index contributed by atoms with van der Waals surface area (Å²) in [6.45, 7) is 9.16. The van der Waals surface area contributed by atoms with E-state index in [1.807, 2.05) is 83.4 Å². The number of fused-ring (bicyclic) bond motifs is 1. The fourth-order valence-electron chi connectivity index (χ4n) is 4.27. The lowest BCUT2D eigenvalue weighted by Crippen LogP contribution is -2.24. The molecule has 0 aromatic heterocycles. The summed E-state index contributed by atoms with van der Waals surface area (Å²) in [6.07, 6.45) is 0.803. The van der Waals surface area contributed by atoms with Crippen molar-refractivity contribution in [1.29, 1.82) is 0 Å². The normalized spacial score (nSPS) is 13.2. The highest BCUT2D eigenvalue weighted by molar-refractivity contribution is 5.99. The molecular weight excluding hydrogens is 506 g/mol. The topological polar surface area (TPSA) is 66.5 Å². The summed E-state index contributed by atoms with van der Waals surface area (Å²) < 4.78 is 28.1. The van der Waals surface area contributed by atoms with Crippen LogP contribution < -0.4 is 18.9 Å². The predicted octanol–water partition coefficient (Wildman–Crippen LogP) is 6.65. The van der Waals surface area contributed by atoms with E-state index in [0.29, 0.717) is 12.4 Å². The molecule has 0 amide bonds. The molecule has 0 bridgehead atoms. The molecule has 212 valence electrons. The third kappa shape index (κ3) is 7.36. The molecular formula is C33H39NO6. The van der Waals surface area contributed by atoms with Crippen LogP contribution >= 0.6 is 0 Å². The number of carbonyl (C=O) groups is 1. The second kappa shape index (κ2) is 12.9. The first-order valence-electron chi connectivity index (χ1n) is 13.6. The van der Waals surface area contributed by atoms with Crippen LogP contribution in [0.3, 0.4) is 0 Å². The molecule has 0 aliphatic carbocycles. The summed E-state index contributed by atoms with van der Waals surface area (Å²) in [5.41, 5.74) is 4.88. The van der Waals surface area contributed by atoms with Gasteiger partial charge in [-0.05, 0) is 106 Å². The van der Waals surface area contributed by atoms with Crippen molar-refractivity contribution in [2.75, 3.05) is 40.8 Å². The van der Waals surface area contributed by atoms with E-state index in [4.69, 9.17) is 23.7 Å². The van der Waals surface area contributed by atoms with Gasteiger partial charge in [0.15, 0.2) is 11.5 Å². The molecule has 0 saturated heterocycles. The van der Waals surface area contributed by atoms with Gasteiger partial charge in [0.05, 0.1) is 5.41 Å². The van der Waals surface area contributed by atoms with Crippen molar-refractivity contribution in [2.24, 2.45) is 5.41 Å². The maximum atomic E-state index is 12.0. The fourth-order valence-corrected chi connectivity index (χ4v) is 4.27. The summed E-state index contributed by atoms with van der Waals surface area (Å²) >= 11 is 0. The van der Waals surface area contributed by atoms with Gasteiger partial charge >= 0.3 is 5.97 Å².